The Morgan fingerprint density at radius 2 is 1.85 bits per heavy atom. The molecular weight excluding hydrogens is 441 g/mol. The number of thioether (sulfide) groups is 1. The highest BCUT2D eigenvalue weighted by atomic mass is 32.2. The van der Waals surface area contributed by atoms with Crippen LogP contribution in [0.3, 0.4) is 0 Å². The number of aromatic nitrogens is 3. The van der Waals surface area contributed by atoms with Gasteiger partial charge in [-0.25, -0.2) is 4.39 Å². The molecule has 7 nitrogen and oxygen atoms in total. The van der Waals surface area contributed by atoms with E-state index in [1.807, 2.05) is 31.2 Å². The maximum Gasteiger partial charge on any atom is 0.235 e. The average Bonchev–Trinajstić information content (AvgIpc) is 3.21. The van der Waals surface area contributed by atoms with Gasteiger partial charge in [-0.1, -0.05) is 54.2 Å². The van der Waals surface area contributed by atoms with Crippen LogP contribution in [-0.2, 0) is 22.6 Å². The fourth-order valence-corrected chi connectivity index (χ4v) is 4.73. The highest BCUT2D eigenvalue weighted by Crippen LogP contribution is 2.28. The van der Waals surface area contributed by atoms with Gasteiger partial charge in [-0.15, -0.1) is 10.2 Å². The Morgan fingerprint density at radius 1 is 1.12 bits per heavy atom. The Hall–Kier alpha value is -2.91. The van der Waals surface area contributed by atoms with Gasteiger partial charge in [-0.2, -0.15) is 0 Å². The monoisotopic (exact) mass is 469 g/mol. The summed E-state index contributed by atoms with van der Waals surface area (Å²) in [5.74, 6) is 0.435. The van der Waals surface area contributed by atoms with Crippen LogP contribution in [0, 0.1) is 5.82 Å². The zero-order valence-electron chi connectivity index (χ0n) is 18.9. The van der Waals surface area contributed by atoms with Crippen LogP contribution in [-0.4, -0.2) is 64.2 Å². The molecule has 0 spiro atoms. The lowest BCUT2D eigenvalue weighted by Crippen LogP contribution is -2.38. The van der Waals surface area contributed by atoms with E-state index in [0.29, 0.717) is 31.5 Å². The van der Waals surface area contributed by atoms with Crippen LogP contribution in [0.5, 0.6) is 0 Å². The lowest BCUT2D eigenvalue weighted by atomic mass is 10.2. The Kier molecular flexibility index (Phi) is 7.61. The molecule has 1 atom stereocenters. The summed E-state index contributed by atoms with van der Waals surface area (Å²) in [7, 11) is 1.73. The molecule has 0 radical (unpaired) electrons. The number of ether oxygens (including phenoxy) is 1. The average molecular weight is 470 g/mol. The second-order valence-corrected chi connectivity index (χ2v) is 9.35. The molecule has 4 rings (SSSR count). The number of rotatable bonds is 8. The minimum Gasteiger partial charge on any atom is -0.378 e. The van der Waals surface area contributed by atoms with Gasteiger partial charge in [0.25, 0.3) is 0 Å². The largest absolute Gasteiger partial charge is 0.378 e. The molecule has 1 fully saturated rings. The van der Waals surface area contributed by atoms with Gasteiger partial charge in [0.15, 0.2) is 5.16 Å². The van der Waals surface area contributed by atoms with Crippen molar-refractivity contribution in [1.29, 1.82) is 0 Å². The van der Waals surface area contributed by atoms with Crippen LogP contribution in [0.1, 0.15) is 18.1 Å². The summed E-state index contributed by atoms with van der Waals surface area (Å²) in [6, 6.07) is 16.5. The summed E-state index contributed by atoms with van der Waals surface area (Å²) >= 11 is 1.39. The van der Waals surface area contributed by atoms with Gasteiger partial charge < -0.3 is 14.5 Å². The number of carbonyl (C=O) groups excluding carboxylic acids is 1. The molecule has 33 heavy (non-hydrogen) atoms. The van der Waals surface area contributed by atoms with Crippen LogP contribution in [0.4, 0.5) is 10.3 Å². The van der Waals surface area contributed by atoms with E-state index < -0.39 is 0 Å². The number of benzene rings is 2. The van der Waals surface area contributed by atoms with Gasteiger partial charge in [0, 0.05) is 26.7 Å². The first-order valence-corrected chi connectivity index (χ1v) is 11.8. The SMILES string of the molecule is CC(Sc1nnc(N2CCOCC2)n1Cc1ccccc1)C(=O)N(C)Cc1cccc(F)c1. The van der Waals surface area contributed by atoms with Crippen molar-refractivity contribution in [1.82, 2.24) is 19.7 Å². The van der Waals surface area contributed by atoms with Crippen molar-refractivity contribution in [3.8, 4) is 0 Å². The van der Waals surface area contributed by atoms with E-state index in [2.05, 4.69) is 31.8 Å². The topological polar surface area (TPSA) is 63.5 Å². The number of hydrogen-bond donors (Lipinski definition) is 0. The Morgan fingerprint density at radius 3 is 2.58 bits per heavy atom. The highest BCUT2D eigenvalue weighted by Gasteiger charge is 2.25. The van der Waals surface area contributed by atoms with Crippen LogP contribution >= 0.6 is 11.8 Å². The number of carbonyl (C=O) groups is 1. The van der Waals surface area contributed by atoms with Crippen LogP contribution in [0.25, 0.3) is 0 Å². The molecule has 1 amide bonds. The van der Waals surface area contributed by atoms with Crippen LogP contribution < -0.4 is 4.90 Å². The van der Waals surface area contributed by atoms with Crippen molar-refractivity contribution < 1.29 is 13.9 Å². The molecule has 3 aromatic rings. The second kappa shape index (κ2) is 10.8. The molecule has 2 heterocycles. The molecule has 1 unspecified atom stereocenters. The van der Waals surface area contributed by atoms with Gasteiger partial charge in [0.05, 0.1) is 25.0 Å². The summed E-state index contributed by atoms with van der Waals surface area (Å²) in [6.07, 6.45) is 0. The van der Waals surface area contributed by atoms with Gasteiger partial charge in [-0.3, -0.25) is 9.36 Å². The molecule has 9 heteroatoms. The maximum absolute atomic E-state index is 13.5. The third kappa shape index (κ3) is 5.91. The van der Waals surface area contributed by atoms with Gasteiger partial charge in [0.2, 0.25) is 11.9 Å². The number of amides is 1. The minimum atomic E-state index is -0.375. The zero-order valence-corrected chi connectivity index (χ0v) is 19.7. The summed E-state index contributed by atoms with van der Waals surface area (Å²) in [4.78, 5) is 16.8. The highest BCUT2D eigenvalue weighted by molar-refractivity contribution is 8.00. The lowest BCUT2D eigenvalue weighted by Gasteiger charge is -2.28. The first kappa shape index (κ1) is 23.3. The third-order valence-electron chi connectivity index (χ3n) is 5.49. The number of nitrogens with zero attached hydrogens (tertiary/aromatic N) is 5. The maximum atomic E-state index is 13.5. The molecule has 0 saturated carbocycles. The Labute approximate surface area is 197 Å². The number of morpholine rings is 1. The molecule has 1 aromatic heterocycles. The Balaban J connectivity index is 1.51. The standard InChI is InChI=1S/C24H28FN5O2S/c1-18(22(31)28(2)16-20-9-6-10-21(25)15-20)33-24-27-26-23(29-11-13-32-14-12-29)30(24)17-19-7-4-3-5-8-19/h3-10,15,18H,11-14,16-17H2,1-2H3. The Bertz CT molecular complexity index is 1070. The van der Waals surface area contributed by atoms with E-state index in [0.717, 1.165) is 30.2 Å². The summed E-state index contributed by atoms with van der Waals surface area (Å²) in [5, 5.41) is 9.22. The van der Waals surface area contributed by atoms with Crippen LogP contribution in [0.15, 0.2) is 59.8 Å². The van der Waals surface area contributed by atoms with E-state index in [9.17, 15) is 9.18 Å². The molecular formula is C24H28FN5O2S. The third-order valence-corrected chi connectivity index (χ3v) is 6.56. The summed E-state index contributed by atoms with van der Waals surface area (Å²) < 4.78 is 21.1. The van der Waals surface area contributed by atoms with Crippen molar-refractivity contribution in [2.75, 3.05) is 38.3 Å². The van der Waals surface area contributed by atoms with Crippen molar-refractivity contribution in [3.63, 3.8) is 0 Å². The molecule has 0 N–H and O–H groups in total. The molecule has 1 aliphatic heterocycles. The number of halogens is 1. The molecule has 1 aliphatic rings. The van der Waals surface area contributed by atoms with E-state index >= 15 is 0 Å². The van der Waals surface area contributed by atoms with Crippen molar-refractivity contribution in [2.24, 2.45) is 0 Å². The molecule has 1 saturated heterocycles. The molecule has 0 bridgehead atoms. The fraction of sp³-hybridized carbons (Fsp3) is 0.375. The first-order chi connectivity index (χ1) is 16.0. The lowest BCUT2D eigenvalue weighted by molar-refractivity contribution is -0.129. The van der Waals surface area contributed by atoms with Crippen LogP contribution in [0.2, 0.25) is 0 Å². The predicted molar refractivity (Wildman–Crippen MR) is 127 cm³/mol. The predicted octanol–water partition coefficient (Wildman–Crippen LogP) is 3.44. The van der Waals surface area contributed by atoms with E-state index in [-0.39, 0.29) is 17.0 Å². The molecule has 0 aliphatic carbocycles. The normalized spacial score (nSPS) is 14.8. The van der Waals surface area contributed by atoms with Crippen molar-refractivity contribution >= 4 is 23.6 Å². The quantitative estimate of drug-likeness (QED) is 0.471. The van der Waals surface area contributed by atoms with E-state index in [1.54, 1.807) is 18.0 Å². The summed E-state index contributed by atoms with van der Waals surface area (Å²) in [5.41, 5.74) is 1.89. The second-order valence-electron chi connectivity index (χ2n) is 8.04. The molecule has 2 aromatic carbocycles. The fourth-order valence-electron chi connectivity index (χ4n) is 3.78. The van der Waals surface area contributed by atoms with Gasteiger partial charge in [0.1, 0.15) is 5.82 Å². The molecule has 174 valence electrons. The number of hydrogen-bond acceptors (Lipinski definition) is 6. The zero-order chi connectivity index (χ0) is 23.2. The number of anilines is 1. The van der Waals surface area contributed by atoms with Crippen molar-refractivity contribution in [2.45, 2.75) is 30.4 Å². The van der Waals surface area contributed by atoms with Crippen molar-refractivity contribution in [3.05, 3.63) is 71.5 Å². The smallest absolute Gasteiger partial charge is 0.235 e. The summed E-state index contributed by atoms with van der Waals surface area (Å²) in [6.45, 7) is 5.64. The van der Waals surface area contributed by atoms with Gasteiger partial charge in [-0.05, 0) is 30.2 Å². The first-order valence-electron chi connectivity index (χ1n) is 11.0. The van der Waals surface area contributed by atoms with E-state index in [4.69, 9.17) is 4.74 Å². The minimum absolute atomic E-state index is 0.0496. The van der Waals surface area contributed by atoms with E-state index in [1.165, 1.54) is 23.9 Å². The van der Waals surface area contributed by atoms with Gasteiger partial charge >= 0.3 is 0 Å².